The van der Waals surface area contributed by atoms with Gasteiger partial charge in [0.25, 0.3) is 0 Å². The van der Waals surface area contributed by atoms with Crippen LogP contribution in [0.15, 0.2) is 96.4 Å². The number of benzene rings is 4. The van der Waals surface area contributed by atoms with Crippen molar-refractivity contribution in [1.82, 2.24) is 0 Å². The zero-order chi connectivity index (χ0) is 28.9. The average molecular weight is 551 g/mol. The molecule has 1 unspecified atom stereocenters. The smallest absolute Gasteiger partial charge is 0.349 e. The predicted molar refractivity (Wildman–Crippen MR) is 150 cm³/mol. The highest BCUT2D eigenvalue weighted by Crippen LogP contribution is 2.43. The normalized spacial score (nSPS) is 14.0. The quantitative estimate of drug-likeness (QED) is 0.205. The number of nitrogens with two attached hydrogens (primary N) is 1. The Labute approximate surface area is 237 Å². The van der Waals surface area contributed by atoms with Crippen molar-refractivity contribution in [3.8, 4) is 29.1 Å². The predicted octanol–water partition coefficient (Wildman–Crippen LogP) is 6.22. The van der Waals surface area contributed by atoms with Crippen LogP contribution < -0.4 is 24.7 Å². The molecule has 1 heterocycles. The van der Waals surface area contributed by atoms with E-state index in [0.717, 1.165) is 16.7 Å². The van der Waals surface area contributed by atoms with Crippen LogP contribution >= 0.6 is 0 Å². The van der Waals surface area contributed by atoms with E-state index in [9.17, 15) is 14.4 Å². The summed E-state index contributed by atoms with van der Waals surface area (Å²) in [6.45, 7) is 3.78. The molecule has 0 fully saturated rings. The molecule has 206 valence electrons. The SMILES string of the molecule is Cc1ccc(OCC(=O)Oc2ccc3c(c2)OC(N)=C(C#N)C3c2ccc(OCc3ccccc3F)cc2)cc1C. The van der Waals surface area contributed by atoms with Gasteiger partial charge in [-0.05, 0) is 66.9 Å². The molecule has 5 rings (SSSR count). The van der Waals surface area contributed by atoms with Gasteiger partial charge in [0.15, 0.2) is 6.61 Å². The number of halogens is 1. The third-order valence-electron chi connectivity index (χ3n) is 6.82. The van der Waals surface area contributed by atoms with Gasteiger partial charge in [0.1, 0.15) is 47.1 Å². The zero-order valence-corrected chi connectivity index (χ0v) is 22.5. The minimum absolute atomic E-state index is 0.0357. The van der Waals surface area contributed by atoms with Crippen LogP contribution in [-0.2, 0) is 11.4 Å². The molecule has 1 aliphatic rings. The highest BCUT2D eigenvalue weighted by atomic mass is 19.1. The Balaban J connectivity index is 1.30. The largest absolute Gasteiger partial charge is 0.489 e. The van der Waals surface area contributed by atoms with E-state index in [1.54, 1.807) is 54.6 Å². The Morgan fingerprint density at radius 2 is 1.66 bits per heavy atom. The van der Waals surface area contributed by atoms with Crippen LogP contribution in [0.1, 0.15) is 33.7 Å². The molecule has 0 saturated carbocycles. The highest BCUT2D eigenvalue weighted by Gasteiger charge is 2.31. The summed E-state index contributed by atoms with van der Waals surface area (Å²) in [5, 5.41) is 9.86. The van der Waals surface area contributed by atoms with Gasteiger partial charge in [-0.25, -0.2) is 9.18 Å². The second-order valence-electron chi connectivity index (χ2n) is 9.58. The van der Waals surface area contributed by atoms with Crippen molar-refractivity contribution in [3.63, 3.8) is 0 Å². The highest BCUT2D eigenvalue weighted by molar-refractivity contribution is 5.74. The van der Waals surface area contributed by atoms with Crippen molar-refractivity contribution < 1.29 is 28.1 Å². The average Bonchev–Trinajstić information content (AvgIpc) is 2.97. The Kier molecular flexibility index (Phi) is 7.88. The van der Waals surface area contributed by atoms with E-state index in [-0.39, 0.29) is 36.2 Å². The van der Waals surface area contributed by atoms with Gasteiger partial charge in [0.2, 0.25) is 5.88 Å². The summed E-state index contributed by atoms with van der Waals surface area (Å²) >= 11 is 0. The summed E-state index contributed by atoms with van der Waals surface area (Å²) in [5.41, 5.74) is 10.5. The molecular formula is C33H27FN2O5. The number of allylic oxidation sites excluding steroid dienone is 1. The molecule has 0 radical (unpaired) electrons. The Morgan fingerprint density at radius 1 is 0.927 bits per heavy atom. The molecule has 8 heteroatoms. The standard InChI is InChI=1S/C33H27FN2O5/c1-20-7-10-25(15-21(20)2)39-19-31(37)40-26-13-14-27-30(16-26)41-33(36)28(17-35)32(27)22-8-11-24(12-9-22)38-18-23-5-3-4-6-29(23)34/h3-16,32H,18-19,36H2,1-2H3. The van der Waals surface area contributed by atoms with Gasteiger partial charge < -0.3 is 24.7 Å². The minimum atomic E-state index is -0.581. The molecule has 0 aliphatic carbocycles. The first kappa shape index (κ1) is 27.3. The number of carbonyl (C=O) groups is 1. The number of nitriles is 1. The number of fused-ring (bicyclic) bond motifs is 1. The molecule has 4 aromatic rings. The summed E-state index contributed by atoms with van der Waals surface area (Å²) < 4.78 is 36.4. The lowest BCUT2D eigenvalue weighted by Gasteiger charge is -2.26. The molecule has 0 amide bonds. The summed E-state index contributed by atoms with van der Waals surface area (Å²) in [4.78, 5) is 12.5. The van der Waals surface area contributed by atoms with E-state index in [0.29, 0.717) is 28.4 Å². The van der Waals surface area contributed by atoms with Crippen molar-refractivity contribution in [2.45, 2.75) is 26.4 Å². The molecule has 4 aromatic carbocycles. The Hall–Kier alpha value is -5.29. The third-order valence-corrected chi connectivity index (χ3v) is 6.82. The number of rotatable bonds is 8. The number of ether oxygens (including phenoxy) is 4. The van der Waals surface area contributed by atoms with Crippen LogP contribution in [0.4, 0.5) is 4.39 Å². The van der Waals surface area contributed by atoms with Crippen molar-refractivity contribution in [3.05, 3.63) is 130 Å². The van der Waals surface area contributed by atoms with Gasteiger partial charge in [0, 0.05) is 17.2 Å². The van der Waals surface area contributed by atoms with Crippen LogP contribution in [0.25, 0.3) is 0 Å². The van der Waals surface area contributed by atoms with Crippen LogP contribution in [0.5, 0.6) is 23.0 Å². The van der Waals surface area contributed by atoms with Crippen molar-refractivity contribution in [2.75, 3.05) is 6.61 Å². The summed E-state index contributed by atoms with van der Waals surface area (Å²) in [6, 6.07) is 26.2. The topological polar surface area (TPSA) is 104 Å². The fraction of sp³-hybridized carbons (Fsp3) is 0.152. The molecule has 41 heavy (non-hydrogen) atoms. The molecule has 0 spiro atoms. The molecular weight excluding hydrogens is 523 g/mol. The van der Waals surface area contributed by atoms with E-state index >= 15 is 0 Å². The number of hydrogen-bond acceptors (Lipinski definition) is 7. The second-order valence-corrected chi connectivity index (χ2v) is 9.58. The maximum Gasteiger partial charge on any atom is 0.349 e. The molecule has 0 aromatic heterocycles. The number of esters is 1. The van der Waals surface area contributed by atoms with Gasteiger partial charge in [-0.1, -0.05) is 42.5 Å². The van der Waals surface area contributed by atoms with E-state index in [1.807, 2.05) is 38.1 Å². The van der Waals surface area contributed by atoms with E-state index in [1.165, 1.54) is 6.07 Å². The molecule has 1 atom stereocenters. The van der Waals surface area contributed by atoms with Crippen LogP contribution in [0.3, 0.4) is 0 Å². The van der Waals surface area contributed by atoms with Crippen LogP contribution in [-0.4, -0.2) is 12.6 Å². The lowest BCUT2D eigenvalue weighted by Crippen LogP contribution is -2.21. The number of aryl methyl sites for hydroxylation is 2. The number of carbonyl (C=O) groups excluding carboxylic acids is 1. The fourth-order valence-electron chi connectivity index (χ4n) is 4.48. The van der Waals surface area contributed by atoms with Gasteiger partial charge in [-0.2, -0.15) is 5.26 Å². The molecule has 1 aliphatic heterocycles. The van der Waals surface area contributed by atoms with Gasteiger partial charge in [-0.3, -0.25) is 0 Å². The number of hydrogen-bond donors (Lipinski definition) is 1. The van der Waals surface area contributed by atoms with Gasteiger partial charge >= 0.3 is 5.97 Å². The molecule has 2 N–H and O–H groups in total. The summed E-state index contributed by atoms with van der Waals surface area (Å²) in [6.07, 6.45) is 0. The fourth-order valence-corrected chi connectivity index (χ4v) is 4.48. The van der Waals surface area contributed by atoms with Gasteiger partial charge in [-0.15, -0.1) is 0 Å². The van der Waals surface area contributed by atoms with E-state index < -0.39 is 11.9 Å². The maximum atomic E-state index is 13.9. The second kappa shape index (κ2) is 11.8. The van der Waals surface area contributed by atoms with E-state index in [4.69, 9.17) is 24.7 Å². The minimum Gasteiger partial charge on any atom is -0.489 e. The first-order chi connectivity index (χ1) is 19.8. The summed E-state index contributed by atoms with van der Waals surface area (Å²) in [5.74, 6) is 0.280. The lowest BCUT2D eigenvalue weighted by atomic mass is 9.83. The Morgan fingerprint density at radius 3 is 2.39 bits per heavy atom. The zero-order valence-electron chi connectivity index (χ0n) is 22.5. The number of nitrogens with zero attached hydrogens (tertiary/aromatic N) is 1. The van der Waals surface area contributed by atoms with Crippen LogP contribution in [0.2, 0.25) is 0 Å². The monoisotopic (exact) mass is 550 g/mol. The van der Waals surface area contributed by atoms with Gasteiger partial charge in [0.05, 0.1) is 5.92 Å². The van der Waals surface area contributed by atoms with E-state index in [2.05, 4.69) is 6.07 Å². The third kappa shape index (κ3) is 6.15. The Bertz CT molecular complexity index is 1670. The lowest BCUT2D eigenvalue weighted by molar-refractivity contribution is -0.136. The van der Waals surface area contributed by atoms with Crippen molar-refractivity contribution >= 4 is 5.97 Å². The molecule has 7 nitrogen and oxygen atoms in total. The van der Waals surface area contributed by atoms with Crippen molar-refractivity contribution in [1.29, 1.82) is 5.26 Å². The van der Waals surface area contributed by atoms with Crippen LogP contribution in [0, 0.1) is 31.0 Å². The first-order valence-corrected chi connectivity index (χ1v) is 12.9. The molecule has 0 bridgehead atoms. The summed E-state index contributed by atoms with van der Waals surface area (Å²) in [7, 11) is 0. The maximum absolute atomic E-state index is 13.9. The molecule has 0 saturated heterocycles. The van der Waals surface area contributed by atoms with Crippen molar-refractivity contribution in [2.24, 2.45) is 5.73 Å². The first-order valence-electron chi connectivity index (χ1n) is 12.9.